The molecule has 1 aliphatic rings. The summed E-state index contributed by atoms with van der Waals surface area (Å²) in [6, 6.07) is 5.23. The molecule has 0 bridgehead atoms. The molecule has 2 N–H and O–H groups in total. The number of aromatic nitrogens is 1. The van der Waals surface area contributed by atoms with Crippen molar-refractivity contribution in [3.05, 3.63) is 23.9 Å². The van der Waals surface area contributed by atoms with Gasteiger partial charge in [0.15, 0.2) is 0 Å². The maximum Gasteiger partial charge on any atom is 0.228 e. The van der Waals surface area contributed by atoms with Gasteiger partial charge in [-0.1, -0.05) is 12.0 Å². The Balaban J connectivity index is 2.06. The molecule has 0 saturated heterocycles. The average molecular weight is 216 g/mol. The molecule has 0 aliphatic heterocycles. The lowest BCUT2D eigenvalue weighted by molar-refractivity contribution is -0.117. The topological polar surface area (TPSA) is 62.2 Å². The number of anilines is 1. The Morgan fingerprint density at radius 1 is 1.56 bits per heavy atom. The molecule has 82 valence electrons. The van der Waals surface area contributed by atoms with Crippen LogP contribution >= 0.6 is 0 Å². The fourth-order valence-corrected chi connectivity index (χ4v) is 1.28. The molecular formula is C12H12N2O2. The minimum absolute atomic E-state index is 0.0276. The molecule has 1 heterocycles. The van der Waals surface area contributed by atoms with Gasteiger partial charge < -0.3 is 10.4 Å². The van der Waals surface area contributed by atoms with Crippen LogP contribution in [0, 0.1) is 17.8 Å². The van der Waals surface area contributed by atoms with Gasteiger partial charge in [0.05, 0.1) is 0 Å². The molecule has 1 saturated carbocycles. The zero-order valence-corrected chi connectivity index (χ0v) is 8.73. The summed E-state index contributed by atoms with van der Waals surface area (Å²) < 4.78 is 0. The number of amides is 1. The number of hydrogen-bond acceptors (Lipinski definition) is 3. The first kappa shape index (κ1) is 10.7. The van der Waals surface area contributed by atoms with E-state index in [9.17, 15) is 4.79 Å². The van der Waals surface area contributed by atoms with Crippen LogP contribution in [0.3, 0.4) is 0 Å². The lowest BCUT2D eigenvalue weighted by Gasteiger charge is -2.02. The third-order valence-electron chi connectivity index (χ3n) is 2.24. The van der Waals surface area contributed by atoms with Crippen LogP contribution in [0.15, 0.2) is 18.2 Å². The minimum atomic E-state index is -0.194. The Morgan fingerprint density at radius 2 is 2.38 bits per heavy atom. The Bertz CT molecular complexity index is 456. The summed E-state index contributed by atoms with van der Waals surface area (Å²) in [6.45, 7) is -0.194. The van der Waals surface area contributed by atoms with E-state index in [0.29, 0.717) is 11.5 Å². The van der Waals surface area contributed by atoms with Gasteiger partial charge in [-0.05, 0) is 30.9 Å². The molecule has 1 aromatic heterocycles. The number of hydrogen-bond donors (Lipinski definition) is 2. The Hall–Kier alpha value is -1.86. The van der Waals surface area contributed by atoms with Crippen LogP contribution in [-0.2, 0) is 4.79 Å². The van der Waals surface area contributed by atoms with Gasteiger partial charge in [0, 0.05) is 5.92 Å². The number of aliphatic hydroxyl groups excluding tert-OH is 1. The average Bonchev–Trinajstić information content (AvgIpc) is 3.10. The van der Waals surface area contributed by atoms with Crippen molar-refractivity contribution in [2.24, 2.45) is 5.92 Å². The number of carbonyl (C=O) groups is 1. The molecule has 1 fully saturated rings. The molecule has 0 aromatic carbocycles. The maximum absolute atomic E-state index is 11.5. The van der Waals surface area contributed by atoms with Crippen LogP contribution in [0.4, 0.5) is 5.82 Å². The molecule has 0 atom stereocenters. The van der Waals surface area contributed by atoms with Crippen LogP contribution in [0.2, 0.25) is 0 Å². The standard InChI is InChI=1S/C12H12N2O2/c15-8-2-4-10-3-1-5-11(13-10)14-12(16)9-6-7-9/h1,3,5,9,15H,6-8H2,(H,13,14,16). The summed E-state index contributed by atoms with van der Waals surface area (Å²) >= 11 is 0. The van der Waals surface area contributed by atoms with E-state index in [-0.39, 0.29) is 18.4 Å². The van der Waals surface area contributed by atoms with Gasteiger partial charge in [-0.25, -0.2) is 4.98 Å². The van der Waals surface area contributed by atoms with Crippen molar-refractivity contribution in [3.8, 4) is 11.8 Å². The second kappa shape index (κ2) is 4.77. The molecule has 1 aliphatic carbocycles. The lowest BCUT2D eigenvalue weighted by atomic mass is 10.3. The van der Waals surface area contributed by atoms with Crippen LogP contribution in [0.25, 0.3) is 0 Å². The number of aliphatic hydroxyl groups is 1. The smallest absolute Gasteiger partial charge is 0.228 e. The second-order valence-corrected chi connectivity index (χ2v) is 3.63. The second-order valence-electron chi connectivity index (χ2n) is 3.63. The molecule has 1 aromatic rings. The zero-order valence-electron chi connectivity index (χ0n) is 8.73. The van der Waals surface area contributed by atoms with Gasteiger partial charge in [-0.3, -0.25) is 4.79 Å². The van der Waals surface area contributed by atoms with Gasteiger partial charge in [-0.15, -0.1) is 0 Å². The summed E-state index contributed by atoms with van der Waals surface area (Å²) in [6.07, 6.45) is 1.94. The molecule has 2 rings (SSSR count). The van der Waals surface area contributed by atoms with Crippen molar-refractivity contribution < 1.29 is 9.90 Å². The lowest BCUT2D eigenvalue weighted by Crippen LogP contribution is -2.14. The SMILES string of the molecule is O=C(Nc1cccc(C#CCO)n1)C1CC1. The molecule has 0 spiro atoms. The van der Waals surface area contributed by atoms with E-state index in [1.807, 2.05) is 0 Å². The van der Waals surface area contributed by atoms with Crippen LogP contribution in [0.1, 0.15) is 18.5 Å². The number of pyridine rings is 1. The van der Waals surface area contributed by atoms with Crippen molar-refractivity contribution in [2.75, 3.05) is 11.9 Å². The van der Waals surface area contributed by atoms with E-state index in [1.54, 1.807) is 18.2 Å². The van der Waals surface area contributed by atoms with E-state index in [1.165, 1.54) is 0 Å². The first-order chi connectivity index (χ1) is 7.79. The highest BCUT2D eigenvalue weighted by atomic mass is 16.2. The quantitative estimate of drug-likeness (QED) is 0.718. The van der Waals surface area contributed by atoms with E-state index in [2.05, 4.69) is 22.1 Å². The Morgan fingerprint density at radius 3 is 3.06 bits per heavy atom. The first-order valence-corrected chi connectivity index (χ1v) is 5.17. The van der Waals surface area contributed by atoms with Gasteiger partial charge in [0.2, 0.25) is 5.91 Å². The number of rotatable bonds is 2. The zero-order chi connectivity index (χ0) is 11.4. The molecular weight excluding hydrogens is 204 g/mol. The summed E-state index contributed by atoms with van der Waals surface area (Å²) in [7, 11) is 0. The van der Waals surface area contributed by atoms with Crippen molar-refractivity contribution in [1.82, 2.24) is 4.98 Å². The predicted octanol–water partition coefficient (Wildman–Crippen LogP) is 0.774. The fraction of sp³-hybridized carbons (Fsp3) is 0.333. The number of nitrogens with zero attached hydrogens (tertiary/aromatic N) is 1. The first-order valence-electron chi connectivity index (χ1n) is 5.17. The van der Waals surface area contributed by atoms with Gasteiger partial charge in [0.1, 0.15) is 18.1 Å². The van der Waals surface area contributed by atoms with Crippen LogP contribution < -0.4 is 5.32 Å². The van der Waals surface area contributed by atoms with Crippen molar-refractivity contribution in [1.29, 1.82) is 0 Å². The van der Waals surface area contributed by atoms with E-state index in [0.717, 1.165) is 12.8 Å². The molecule has 16 heavy (non-hydrogen) atoms. The van der Waals surface area contributed by atoms with E-state index in [4.69, 9.17) is 5.11 Å². The highest BCUT2D eigenvalue weighted by molar-refractivity contribution is 5.93. The normalized spacial score (nSPS) is 13.8. The monoisotopic (exact) mass is 216 g/mol. The fourth-order valence-electron chi connectivity index (χ4n) is 1.28. The summed E-state index contributed by atoms with van der Waals surface area (Å²) in [4.78, 5) is 15.6. The summed E-state index contributed by atoms with van der Waals surface area (Å²) in [5, 5.41) is 11.3. The third-order valence-corrected chi connectivity index (χ3v) is 2.24. The molecule has 4 nitrogen and oxygen atoms in total. The third kappa shape index (κ3) is 2.81. The minimum Gasteiger partial charge on any atom is -0.384 e. The van der Waals surface area contributed by atoms with Gasteiger partial charge in [-0.2, -0.15) is 0 Å². The van der Waals surface area contributed by atoms with Crippen LogP contribution in [-0.4, -0.2) is 22.6 Å². The Labute approximate surface area is 93.7 Å². The molecule has 4 heteroatoms. The molecule has 0 unspecified atom stereocenters. The number of carbonyl (C=O) groups excluding carboxylic acids is 1. The highest BCUT2D eigenvalue weighted by Gasteiger charge is 2.29. The van der Waals surface area contributed by atoms with E-state index >= 15 is 0 Å². The molecule has 0 radical (unpaired) electrons. The molecule has 1 amide bonds. The van der Waals surface area contributed by atoms with E-state index < -0.39 is 0 Å². The van der Waals surface area contributed by atoms with Gasteiger partial charge >= 0.3 is 0 Å². The van der Waals surface area contributed by atoms with Gasteiger partial charge in [0.25, 0.3) is 0 Å². The van der Waals surface area contributed by atoms with Crippen LogP contribution in [0.5, 0.6) is 0 Å². The Kier molecular flexibility index (Phi) is 3.18. The van der Waals surface area contributed by atoms with Crippen molar-refractivity contribution >= 4 is 11.7 Å². The predicted molar refractivity (Wildman–Crippen MR) is 59.6 cm³/mol. The summed E-state index contributed by atoms with van der Waals surface area (Å²) in [5.74, 6) is 5.91. The van der Waals surface area contributed by atoms with Crippen molar-refractivity contribution in [3.63, 3.8) is 0 Å². The maximum atomic E-state index is 11.5. The summed E-state index contributed by atoms with van der Waals surface area (Å²) in [5.41, 5.74) is 0.544. The van der Waals surface area contributed by atoms with Crippen molar-refractivity contribution in [2.45, 2.75) is 12.8 Å². The highest BCUT2D eigenvalue weighted by Crippen LogP contribution is 2.29. The largest absolute Gasteiger partial charge is 0.384 e. The number of nitrogens with one attached hydrogen (secondary N) is 1.